The van der Waals surface area contributed by atoms with Gasteiger partial charge in [0.1, 0.15) is 0 Å². The lowest BCUT2D eigenvalue weighted by Crippen LogP contribution is -2.34. The van der Waals surface area contributed by atoms with Crippen LogP contribution in [0.2, 0.25) is 10.0 Å². The van der Waals surface area contributed by atoms with Crippen molar-refractivity contribution in [2.75, 3.05) is 18.1 Å². The van der Waals surface area contributed by atoms with Crippen LogP contribution in [0.15, 0.2) is 59.2 Å². The van der Waals surface area contributed by atoms with E-state index in [1.807, 2.05) is 43.3 Å². The third-order valence-electron chi connectivity index (χ3n) is 5.54. The van der Waals surface area contributed by atoms with Crippen LogP contribution < -0.4 is 5.01 Å². The van der Waals surface area contributed by atoms with E-state index in [-0.39, 0.29) is 5.91 Å². The average Bonchev–Trinajstić information content (AvgIpc) is 3.00. The largest absolute Gasteiger partial charge is 0.370 e. The Hall–Kier alpha value is -2.30. The lowest BCUT2D eigenvalue weighted by Gasteiger charge is -2.35. The van der Waals surface area contributed by atoms with Gasteiger partial charge in [0.2, 0.25) is 0 Å². The fourth-order valence-electron chi connectivity index (χ4n) is 3.86. The minimum absolute atomic E-state index is 0.117. The van der Waals surface area contributed by atoms with E-state index in [0.717, 1.165) is 37.2 Å². The molecular formula is C23H23Cl2N3O. The van der Waals surface area contributed by atoms with Gasteiger partial charge in [-0.2, -0.15) is 10.1 Å². The topological polar surface area (TPSA) is 35.9 Å². The average molecular weight is 428 g/mol. The molecule has 0 N–H and O–H groups in total. The van der Waals surface area contributed by atoms with E-state index in [1.54, 1.807) is 12.1 Å². The Morgan fingerprint density at radius 1 is 0.966 bits per heavy atom. The number of rotatable bonds is 3. The molecule has 150 valence electrons. The van der Waals surface area contributed by atoms with Gasteiger partial charge < -0.3 is 4.90 Å². The zero-order valence-electron chi connectivity index (χ0n) is 16.5. The number of hydrogen-bond acceptors (Lipinski definition) is 3. The van der Waals surface area contributed by atoms with Crippen LogP contribution in [-0.2, 0) is 4.79 Å². The monoisotopic (exact) mass is 427 g/mol. The quantitative estimate of drug-likeness (QED) is 0.575. The number of benzene rings is 2. The maximum Gasteiger partial charge on any atom is 0.282 e. The summed E-state index contributed by atoms with van der Waals surface area (Å²) in [6, 6.07) is 14.9. The van der Waals surface area contributed by atoms with Crippen LogP contribution in [-0.4, -0.2) is 29.6 Å². The minimum atomic E-state index is -0.117. The van der Waals surface area contributed by atoms with E-state index in [2.05, 4.69) is 16.9 Å². The SMILES string of the molecule is CC1=NN(c2ccc(Cl)cc2)C(=O)/C1=C(/c1ccc(Cl)cc1)N1CCC(C)CC1. The highest BCUT2D eigenvalue weighted by Gasteiger charge is 2.34. The summed E-state index contributed by atoms with van der Waals surface area (Å²) < 4.78 is 0. The van der Waals surface area contributed by atoms with E-state index in [1.165, 1.54) is 5.01 Å². The molecule has 0 spiro atoms. The first-order chi connectivity index (χ1) is 13.9. The molecule has 4 nitrogen and oxygen atoms in total. The van der Waals surface area contributed by atoms with Crippen molar-refractivity contribution < 1.29 is 4.79 Å². The molecule has 0 atom stereocenters. The Bertz CT molecular complexity index is 972. The number of piperidine rings is 1. The molecule has 2 aliphatic heterocycles. The molecule has 1 amide bonds. The van der Waals surface area contributed by atoms with Crippen molar-refractivity contribution in [3.8, 4) is 0 Å². The first kappa shape index (κ1) is 20.0. The summed E-state index contributed by atoms with van der Waals surface area (Å²) in [6.45, 7) is 6.02. The Morgan fingerprint density at radius 3 is 2.10 bits per heavy atom. The number of likely N-dealkylation sites (tertiary alicyclic amines) is 1. The van der Waals surface area contributed by atoms with Crippen molar-refractivity contribution in [2.45, 2.75) is 26.7 Å². The molecule has 2 aliphatic rings. The van der Waals surface area contributed by atoms with Crippen molar-refractivity contribution in [2.24, 2.45) is 11.0 Å². The molecule has 0 aliphatic carbocycles. The van der Waals surface area contributed by atoms with Crippen LogP contribution in [0.25, 0.3) is 5.70 Å². The highest BCUT2D eigenvalue weighted by atomic mass is 35.5. The summed E-state index contributed by atoms with van der Waals surface area (Å²) in [6.07, 6.45) is 2.21. The molecular weight excluding hydrogens is 405 g/mol. The van der Waals surface area contributed by atoms with Gasteiger partial charge in [-0.15, -0.1) is 0 Å². The predicted octanol–water partition coefficient (Wildman–Crippen LogP) is 5.86. The van der Waals surface area contributed by atoms with Gasteiger partial charge in [0, 0.05) is 23.1 Å². The molecule has 2 heterocycles. The molecule has 6 heteroatoms. The van der Waals surface area contributed by atoms with Crippen LogP contribution in [0, 0.1) is 5.92 Å². The molecule has 0 unspecified atom stereocenters. The van der Waals surface area contributed by atoms with Crippen molar-refractivity contribution >= 4 is 46.2 Å². The van der Waals surface area contributed by atoms with E-state index in [4.69, 9.17) is 23.2 Å². The van der Waals surface area contributed by atoms with Crippen molar-refractivity contribution in [1.29, 1.82) is 0 Å². The molecule has 4 rings (SSSR count). The zero-order valence-corrected chi connectivity index (χ0v) is 18.0. The highest BCUT2D eigenvalue weighted by molar-refractivity contribution is 6.34. The van der Waals surface area contributed by atoms with Gasteiger partial charge in [-0.25, -0.2) is 0 Å². The molecule has 29 heavy (non-hydrogen) atoms. The third-order valence-corrected chi connectivity index (χ3v) is 6.05. The predicted molar refractivity (Wildman–Crippen MR) is 120 cm³/mol. The second-order valence-electron chi connectivity index (χ2n) is 7.68. The summed E-state index contributed by atoms with van der Waals surface area (Å²) in [4.78, 5) is 15.8. The molecule has 0 aromatic heterocycles. The summed E-state index contributed by atoms with van der Waals surface area (Å²) in [5.74, 6) is 0.579. The summed E-state index contributed by atoms with van der Waals surface area (Å²) in [5, 5.41) is 7.34. The summed E-state index contributed by atoms with van der Waals surface area (Å²) >= 11 is 12.1. The van der Waals surface area contributed by atoms with Gasteiger partial charge >= 0.3 is 0 Å². The van der Waals surface area contributed by atoms with Crippen LogP contribution in [0.1, 0.15) is 32.3 Å². The first-order valence-corrected chi connectivity index (χ1v) is 10.6. The van der Waals surface area contributed by atoms with E-state index in [9.17, 15) is 4.79 Å². The fourth-order valence-corrected chi connectivity index (χ4v) is 4.11. The maximum absolute atomic E-state index is 13.5. The van der Waals surface area contributed by atoms with Crippen molar-refractivity contribution in [3.05, 3.63) is 69.7 Å². The lowest BCUT2D eigenvalue weighted by molar-refractivity contribution is -0.114. The Kier molecular flexibility index (Phi) is 5.66. The Morgan fingerprint density at radius 2 is 1.52 bits per heavy atom. The second kappa shape index (κ2) is 8.21. The van der Waals surface area contributed by atoms with Gasteiger partial charge in [-0.1, -0.05) is 42.3 Å². The van der Waals surface area contributed by atoms with Crippen LogP contribution in [0.5, 0.6) is 0 Å². The van der Waals surface area contributed by atoms with Gasteiger partial charge in [-0.05, 0) is 67.6 Å². The summed E-state index contributed by atoms with van der Waals surface area (Å²) in [7, 11) is 0. The second-order valence-corrected chi connectivity index (χ2v) is 8.55. The van der Waals surface area contributed by atoms with E-state index < -0.39 is 0 Å². The molecule has 0 saturated carbocycles. The number of halogens is 2. The molecule has 1 fully saturated rings. The number of hydrogen-bond donors (Lipinski definition) is 0. The minimum Gasteiger partial charge on any atom is -0.370 e. The molecule has 2 aromatic rings. The van der Waals surface area contributed by atoms with Crippen LogP contribution in [0.3, 0.4) is 0 Å². The van der Waals surface area contributed by atoms with E-state index in [0.29, 0.717) is 32.9 Å². The standard InChI is InChI=1S/C23H23Cl2N3O/c1-15-11-13-27(14-12-15)22(17-3-5-18(24)6-4-17)21-16(2)26-28(23(21)29)20-9-7-19(25)8-10-20/h3-10,15H,11-14H2,1-2H3/b22-21-. The van der Waals surface area contributed by atoms with Gasteiger partial charge in [0.25, 0.3) is 5.91 Å². The van der Waals surface area contributed by atoms with Gasteiger partial charge in [0.05, 0.1) is 22.7 Å². The van der Waals surface area contributed by atoms with E-state index >= 15 is 0 Å². The number of anilines is 1. The number of amides is 1. The molecule has 0 bridgehead atoms. The number of carbonyl (C=O) groups excluding carboxylic acids is 1. The number of nitrogens with zero attached hydrogens (tertiary/aromatic N) is 3. The van der Waals surface area contributed by atoms with Crippen molar-refractivity contribution in [1.82, 2.24) is 4.90 Å². The Labute approximate surface area is 181 Å². The van der Waals surface area contributed by atoms with Crippen LogP contribution in [0.4, 0.5) is 5.69 Å². The van der Waals surface area contributed by atoms with Gasteiger partial charge in [-0.3, -0.25) is 4.79 Å². The van der Waals surface area contributed by atoms with Crippen molar-refractivity contribution in [3.63, 3.8) is 0 Å². The summed E-state index contributed by atoms with van der Waals surface area (Å²) in [5.41, 5.74) is 4.00. The maximum atomic E-state index is 13.5. The number of carbonyl (C=O) groups is 1. The third kappa shape index (κ3) is 4.05. The fraction of sp³-hybridized carbons (Fsp3) is 0.304. The Balaban J connectivity index is 1.79. The smallest absolute Gasteiger partial charge is 0.282 e. The molecule has 2 aromatic carbocycles. The highest BCUT2D eigenvalue weighted by Crippen LogP contribution is 2.34. The van der Waals surface area contributed by atoms with Crippen LogP contribution >= 0.6 is 23.2 Å². The normalized spacial score (nSPS) is 19.6. The zero-order chi connectivity index (χ0) is 20.5. The molecule has 1 saturated heterocycles. The first-order valence-electron chi connectivity index (χ1n) is 9.85. The number of hydrazone groups is 1. The molecule has 0 radical (unpaired) electrons. The lowest BCUT2D eigenvalue weighted by atomic mass is 9.95. The van der Waals surface area contributed by atoms with Gasteiger partial charge in [0.15, 0.2) is 0 Å².